The van der Waals surface area contributed by atoms with Crippen molar-refractivity contribution in [1.29, 1.82) is 0 Å². The van der Waals surface area contributed by atoms with E-state index in [0.29, 0.717) is 16.1 Å². The highest BCUT2D eigenvalue weighted by Gasteiger charge is 2.15. The van der Waals surface area contributed by atoms with Gasteiger partial charge in [0.05, 0.1) is 27.7 Å². The summed E-state index contributed by atoms with van der Waals surface area (Å²) in [6.45, 7) is 1.58. The summed E-state index contributed by atoms with van der Waals surface area (Å²) in [5.74, 6) is -0.141. The van der Waals surface area contributed by atoms with Crippen molar-refractivity contribution >= 4 is 33.4 Å². The maximum absolute atomic E-state index is 12.1. The Morgan fingerprint density at radius 3 is 2.48 bits per heavy atom. The van der Waals surface area contributed by atoms with Crippen molar-refractivity contribution in [2.24, 2.45) is 0 Å². The molecule has 0 bridgehead atoms. The molecule has 0 spiro atoms. The highest BCUT2D eigenvalue weighted by Crippen LogP contribution is 2.27. The molecule has 0 radical (unpaired) electrons. The van der Waals surface area contributed by atoms with Crippen LogP contribution >= 0.6 is 11.6 Å². The van der Waals surface area contributed by atoms with Crippen LogP contribution in [-0.4, -0.2) is 30.3 Å². The molecule has 2 aromatic carbocycles. The summed E-state index contributed by atoms with van der Waals surface area (Å²) in [6, 6.07) is 13.1. The van der Waals surface area contributed by atoms with Crippen LogP contribution in [0.5, 0.6) is 0 Å². The number of rotatable bonds is 6. The number of nitrogens with zero attached hydrogens (tertiary/aromatic N) is 2. The third-order valence-corrected chi connectivity index (χ3v) is 5.88. The van der Waals surface area contributed by atoms with E-state index in [2.05, 4.69) is 15.5 Å². The summed E-state index contributed by atoms with van der Waals surface area (Å²) < 4.78 is 29.0. The van der Waals surface area contributed by atoms with Crippen molar-refractivity contribution in [3.05, 3.63) is 59.1 Å². The van der Waals surface area contributed by atoms with Gasteiger partial charge in [0.25, 0.3) is 5.89 Å². The molecule has 27 heavy (non-hydrogen) atoms. The normalized spacial score (nSPS) is 11.3. The number of amides is 1. The number of benzene rings is 2. The quantitative estimate of drug-likeness (QED) is 0.674. The van der Waals surface area contributed by atoms with Crippen LogP contribution in [-0.2, 0) is 21.1 Å². The second-order valence-electron chi connectivity index (χ2n) is 5.66. The molecular formula is C18H16ClN3O4S. The van der Waals surface area contributed by atoms with Gasteiger partial charge in [-0.1, -0.05) is 47.9 Å². The van der Waals surface area contributed by atoms with Crippen LogP contribution in [0.25, 0.3) is 11.5 Å². The van der Waals surface area contributed by atoms with Crippen molar-refractivity contribution in [3.63, 3.8) is 0 Å². The van der Waals surface area contributed by atoms with Crippen molar-refractivity contribution in [2.45, 2.75) is 18.2 Å². The number of nitrogens with one attached hydrogen (secondary N) is 1. The predicted octanol–water partition coefficient (Wildman–Crippen LogP) is 3.36. The van der Waals surface area contributed by atoms with Crippen molar-refractivity contribution in [1.82, 2.24) is 10.2 Å². The zero-order valence-electron chi connectivity index (χ0n) is 14.3. The molecule has 1 aromatic heterocycles. The number of halogens is 1. The molecule has 0 unspecified atom stereocenters. The van der Waals surface area contributed by atoms with E-state index in [0.717, 1.165) is 0 Å². The van der Waals surface area contributed by atoms with Gasteiger partial charge in [0.1, 0.15) is 0 Å². The fourth-order valence-corrected chi connectivity index (χ4v) is 3.45. The highest BCUT2D eigenvalue weighted by molar-refractivity contribution is 7.91. The molecule has 140 valence electrons. The maximum atomic E-state index is 12.1. The Morgan fingerprint density at radius 2 is 1.81 bits per heavy atom. The van der Waals surface area contributed by atoms with Gasteiger partial charge in [-0.15, -0.1) is 5.10 Å². The third-order valence-electron chi connectivity index (χ3n) is 3.80. The lowest BCUT2D eigenvalue weighted by molar-refractivity contribution is -0.115. The number of carbonyl (C=O) groups excluding carboxylic acids is 1. The minimum Gasteiger partial charge on any atom is -0.403 e. The van der Waals surface area contributed by atoms with E-state index in [-0.39, 0.29) is 34.9 Å². The monoisotopic (exact) mass is 405 g/mol. The van der Waals surface area contributed by atoms with E-state index in [1.54, 1.807) is 43.3 Å². The van der Waals surface area contributed by atoms with E-state index >= 15 is 0 Å². The summed E-state index contributed by atoms with van der Waals surface area (Å²) in [6.07, 6.45) is 0.0380. The first-order chi connectivity index (χ1) is 12.9. The molecule has 3 rings (SSSR count). The largest absolute Gasteiger partial charge is 0.403 e. The van der Waals surface area contributed by atoms with E-state index in [1.807, 2.05) is 0 Å². The van der Waals surface area contributed by atoms with E-state index in [4.69, 9.17) is 16.0 Å². The molecule has 1 amide bonds. The zero-order chi connectivity index (χ0) is 19.4. The van der Waals surface area contributed by atoms with Gasteiger partial charge in [0.2, 0.25) is 5.91 Å². The summed E-state index contributed by atoms with van der Waals surface area (Å²) in [4.78, 5) is 12.4. The van der Waals surface area contributed by atoms with Crippen LogP contribution in [0.1, 0.15) is 12.5 Å². The Hall–Kier alpha value is -2.71. The summed E-state index contributed by atoms with van der Waals surface area (Å²) in [5, 5.41) is 10.6. The lowest BCUT2D eigenvalue weighted by Gasteiger charge is -2.04. The third kappa shape index (κ3) is 4.53. The van der Waals surface area contributed by atoms with Crippen LogP contribution in [0.15, 0.2) is 57.8 Å². The Kier molecular flexibility index (Phi) is 5.57. The topological polar surface area (TPSA) is 102 Å². The Balaban J connectivity index is 1.66. The predicted molar refractivity (Wildman–Crippen MR) is 101 cm³/mol. The first-order valence-corrected chi connectivity index (χ1v) is 10.1. The average Bonchev–Trinajstić information content (AvgIpc) is 3.10. The lowest BCUT2D eigenvalue weighted by Crippen LogP contribution is -2.14. The molecule has 3 aromatic rings. The van der Waals surface area contributed by atoms with E-state index < -0.39 is 9.84 Å². The number of hydrogen-bond donors (Lipinski definition) is 1. The van der Waals surface area contributed by atoms with Crippen molar-refractivity contribution < 1.29 is 17.6 Å². The number of anilines is 1. The Bertz CT molecular complexity index is 1060. The highest BCUT2D eigenvalue weighted by atomic mass is 35.5. The zero-order valence-corrected chi connectivity index (χ0v) is 15.9. The summed E-state index contributed by atoms with van der Waals surface area (Å²) >= 11 is 6.08. The molecular weight excluding hydrogens is 390 g/mol. The second kappa shape index (κ2) is 7.89. The smallest absolute Gasteiger partial charge is 0.322 e. The molecule has 0 atom stereocenters. The maximum Gasteiger partial charge on any atom is 0.322 e. The van der Waals surface area contributed by atoms with Gasteiger partial charge in [-0.05, 0) is 29.8 Å². The average molecular weight is 406 g/mol. The Morgan fingerprint density at radius 1 is 1.11 bits per heavy atom. The van der Waals surface area contributed by atoms with Crippen LogP contribution in [0.2, 0.25) is 5.02 Å². The van der Waals surface area contributed by atoms with Crippen LogP contribution in [0, 0.1) is 0 Å². The molecule has 0 aliphatic rings. The lowest BCUT2D eigenvalue weighted by atomic mass is 10.1. The minimum atomic E-state index is -3.26. The summed E-state index contributed by atoms with van der Waals surface area (Å²) in [7, 11) is -3.26. The molecule has 0 aliphatic heterocycles. The number of sulfone groups is 1. The molecule has 1 heterocycles. The van der Waals surface area contributed by atoms with Gasteiger partial charge in [0, 0.05) is 0 Å². The van der Waals surface area contributed by atoms with Gasteiger partial charge in [-0.3, -0.25) is 10.1 Å². The number of aromatic nitrogens is 2. The van der Waals surface area contributed by atoms with E-state index in [9.17, 15) is 13.2 Å². The molecule has 0 saturated carbocycles. The van der Waals surface area contributed by atoms with E-state index in [1.165, 1.54) is 12.1 Å². The Labute approximate surface area is 161 Å². The second-order valence-corrected chi connectivity index (χ2v) is 8.35. The first-order valence-electron chi connectivity index (χ1n) is 8.09. The van der Waals surface area contributed by atoms with Gasteiger partial charge < -0.3 is 4.42 Å². The van der Waals surface area contributed by atoms with Gasteiger partial charge in [0.15, 0.2) is 9.84 Å². The molecule has 1 N–H and O–H groups in total. The fraction of sp³-hybridized carbons (Fsp3) is 0.167. The van der Waals surface area contributed by atoms with Crippen LogP contribution in [0.3, 0.4) is 0 Å². The van der Waals surface area contributed by atoms with Crippen LogP contribution in [0.4, 0.5) is 6.01 Å². The van der Waals surface area contributed by atoms with Gasteiger partial charge in [-0.2, -0.15) is 0 Å². The number of carbonyl (C=O) groups is 1. The first kappa shape index (κ1) is 19.1. The van der Waals surface area contributed by atoms with Crippen LogP contribution < -0.4 is 5.32 Å². The minimum absolute atomic E-state index is 0.0256. The summed E-state index contributed by atoms with van der Waals surface area (Å²) in [5.41, 5.74) is 1.23. The molecule has 0 aliphatic carbocycles. The molecule has 0 fully saturated rings. The standard InChI is InChI=1S/C18H16ClN3O4S/c1-2-27(24,25)13-9-7-12(8-10-13)11-16(23)20-18-22-21-17(26-18)14-5-3-4-6-15(14)19/h3-10H,2,11H2,1H3,(H,20,22,23). The molecule has 7 nitrogen and oxygen atoms in total. The van der Waals surface area contributed by atoms with Crippen molar-refractivity contribution in [2.75, 3.05) is 11.1 Å². The van der Waals surface area contributed by atoms with Gasteiger partial charge in [-0.25, -0.2) is 8.42 Å². The van der Waals surface area contributed by atoms with Gasteiger partial charge >= 0.3 is 6.01 Å². The number of hydrogen-bond acceptors (Lipinski definition) is 6. The SMILES string of the molecule is CCS(=O)(=O)c1ccc(CC(=O)Nc2nnc(-c3ccccc3Cl)o2)cc1. The fourth-order valence-electron chi connectivity index (χ4n) is 2.35. The van der Waals surface area contributed by atoms with Crippen molar-refractivity contribution in [3.8, 4) is 11.5 Å². The molecule has 0 saturated heterocycles. The molecule has 9 heteroatoms.